The Morgan fingerprint density at radius 1 is 1.50 bits per heavy atom. The minimum absolute atomic E-state index is 0.295. The third kappa shape index (κ3) is 3.88. The molecule has 1 rings (SSSR count). The van der Waals surface area contributed by atoms with Crippen LogP contribution in [0.5, 0.6) is 0 Å². The maximum absolute atomic E-state index is 8.76. The lowest BCUT2D eigenvalue weighted by Crippen LogP contribution is -2.21. The molecule has 0 radical (unpaired) electrons. The molecule has 3 heteroatoms. The van der Waals surface area contributed by atoms with Gasteiger partial charge in [0.05, 0.1) is 11.6 Å². The highest BCUT2D eigenvalue weighted by atomic mass is 32.2. The molecule has 2 nitrogen and oxygen atoms in total. The molecule has 16 heavy (non-hydrogen) atoms. The molecule has 0 saturated heterocycles. The van der Waals surface area contributed by atoms with Crippen LogP contribution in [0.25, 0.3) is 0 Å². The molecule has 0 spiro atoms. The van der Waals surface area contributed by atoms with Crippen LogP contribution < -0.4 is 5.73 Å². The summed E-state index contributed by atoms with van der Waals surface area (Å²) in [4.78, 5) is 0. The topological polar surface area (TPSA) is 49.8 Å². The van der Waals surface area contributed by atoms with Crippen LogP contribution in [0.15, 0.2) is 18.2 Å². The average Bonchev–Trinajstić information content (AvgIpc) is 2.30. The molecule has 0 aliphatic carbocycles. The Labute approximate surface area is 102 Å². The molecule has 1 unspecified atom stereocenters. The summed E-state index contributed by atoms with van der Waals surface area (Å²) in [6, 6.07) is 8.30. The molecule has 1 aromatic carbocycles. The van der Waals surface area contributed by atoms with Gasteiger partial charge in [-0.05, 0) is 36.6 Å². The van der Waals surface area contributed by atoms with Crippen LogP contribution in [-0.4, -0.2) is 11.8 Å². The predicted molar refractivity (Wildman–Crippen MR) is 70.3 cm³/mol. The van der Waals surface area contributed by atoms with E-state index in [9.17, 15) is 0 Å². The number of nitrogens with zero attached hydrogens (tertiary/aromatic N) is 1. The standard InChI is InChI=1S/C13H18N2S/c1-3-13(15)9-16-8-12-5-4-11(7-14)6-10(12)2/h4-6,13H,3,8-9,15H2,1-2H3. The smallest absolute Gasteiger partial charge is 0.0991 e. The van der Waals surface area contributed by atoms with E-state index in [0.717, 1.165) is 23.5 Å². The van der Waals surface area contributed by atoms with Crippen molar-refractivity contribution < 1.29 is 0 Å². The van der Waals surface area contributed by atoms with Crippen molar-refractivity contribution in [1.29, 1.82) is 5.26 Å². The molecule has 0 heterocycles. The number of hydrogen-bond acceptors (Lipinski definition) is 3. The number of hydrogen-bond donors (Lipinski definition) is 1. The van der Waals surface area contributed by atoms with E-state index in [0.29, 0.717) is 6.04 Å². The first-order chi connectivity index (χ1) is 7.67. The summed E-state index contributed by atoms with van der Waals surface area (Å²) in [6.45, 7) is 4.16. The summed E-state index contributed by atoms with van der Waals surface area (Å²) in [5.74, 6) is 1.97. The van der Waals surface area contributed by atoms with Gasteiger partial charge in [0.1, 0.15) is 0 Å². The highest BCUT2D eigenvalue weighted by molar-refractivity contribution is 7.98. The lowest BCUT2D eigenvalue weighted by atomic mass is 10.1. The van der Waals surface area contributed by atoms with Crippen LogP contribution in [0.4, 0.5) is 0 Å². The molecule has 0 bridgehead atoms. The van der Waals surface area contributed by atoms with E-state index < -0.39 is 0 Å². The average molecular weight is 234 g/mol. The second-order valence-corrected chi connectivity index (χ2v) is 4.97. The fourth-order valence-electron chi connectivity index (χ4n) is 1.37. The van der Waals surface area contributed by atoms with Crippen molar-refractivity contribution in [3.05, 3.63) is 34.9 Å². The Morgan fingerprint density at radius 2 is 2.25 bits per heavy atom. The van der Waals surface area contributed by atoms with E-state index in [2.05, 4.69) is 19.9 Å². The highest BCUT2D eigenvalue weighted by Crippen LogP contribution is 2.18. The van der Waals surface area contributed by atoms with Crippen LogP contribution in [0.2, 0.25) is 0 Å². The number of thioether (sulfide) groups is 1. The van der Waals surface area contributed by atoms with Gasteiger partial charge in [0.15, 0.2) is 0 Å². The quantitative estimate of drug-likeness (QED) is 0.852. The Balaban J connectivity index is 2.52. The zero-order valence-electron chi connectivity index (χ0n) is 9.86. The first kappa shape index (κ1) is 13.1. The van der Waals surface area contributed by atoms with Gasteiger partial charge in [-0.15, -0.1) is 0 Å². The van der Waals surface area contributed by atoms with Crippen LogP contribution in [0.1, 0.15) is 30.0 Å². The molecular formula is C13H18N2S. The van der Waals surface area contributed by atoms with E-state index in [1.807, 2.05) is 30.0 Å². The maximum atomic E-state index is 8.76. The van der Waals surface area contributed by atoms with Crippen molar-refractivity contribution in [3.63, 3.8) is 0 Å². The van der Waals surface area contributed by atoms with E-state index in [1.165, 1.54) is 11.1 Å². The third-order valence-corrected chi connectivity index (χ3v) is 3.76. The third-order valence-electron chi connectivity index (χ3n) is 2.59. The molecule has 1 atom stereocenters. The van der Waals surface area contributed by atoms with Gasteiger partial charge in [-0.2, -0.15) is 17.0 Å². The van der Waals surface area contributed by atoms with E-state index in [1.54, 1.807) is 0 Å². The second-order valence-electron chi connectivity index (χ2n) is 3.94. The van der Waals surface area contributed by atoms with Crippen molar-refractivity contribution >= 4 is 11.8 Å². The van der Waals surface area contributed by atoms with Crippen LogP contribution in [-0.2, 0) is 5.75 Å². The van der Waals surface area contributed by atoms with Crippen LogP contribution in [0.3, 0.4) is 0 Å². The molecule has 1 aromatic rings. The van der Waals surface area contributed by atoms with E-state index >= 15 is 0 Å². The van der Waals surface area contributed by atoms with E-state index in [-0.39, 0.29) is 0 Å². The molecule has 0 saturated carbocycles. The van der Waals surface area contributed by atoms with Gasteiger partial charge in [-0.1, -0.05) is 13.0 Å². The zero-order valence-corrected chi connectivity index (χ0v) is 10.7. The van der Waals surface area contributed by atoms with Crippen molar-refractivity contribution in [2.45, 2.75) is 32.1 Å². The minimum atomic E-state index is 0.295. The van der Waals surface area contributed by atoms with Gasteiger partial charge in [0, 0.05) is 17.5 Å². The van der Waals surface area contributed by atoms with E-state index in [4.69, 9.17) is 11.0 Å². The molecule has 0 fully saturated rings. The van der Waals surface area contributed by atoms with Crippen molar-refractivity contribution in [1.82, 2.24) is 0 Å². The summed E-state index contributed by atoms with van der Waals surface area (Å²) in [6.07, 6.45) is 1.03. The second kappa shape index (κ2) is 6.57. The largest absolute Gasteiger partial charge is 0.327 e. The summed E-state index contributed by atoms with van der Waals surface area (Å²) in [5, 5.41) is 8.76. The summed E-state index contributed by atoms with van der Waals surface area (Å²) in [7, 11) is 0. The molecule has 0 aliphatic heterocycles. The van der Waals surface area contributed by atoms with Crippen molar-refractivity contribution in [2.75, 3.05) is 5.75 Å². The summed E-state index contributed by atoms with van der Waals surface area (Å²) >= 11 is 1.86. The SMILES string of the molecule is CCC(N)CSCc1ccc(C#N)cc1C. The Morgan fingerprint density at radius 3 is 2.81 bits per heavy atom. The number of nitrogens with two attached hydrogens (primary N) is 1. The highest BCUT2D eigenvalue weighted by Gasteiger charge is 2.02. The fourth-order valence-corrected chi connectivity index (χ4v) is 2.57. The monoisotopic (exact) mass is 234 g/mol. The summed E-state index contributed by atoms with van der Waals surface area (Å²) < 4.78 is 0. The van der Waals surface area contributed by atoms with Gasteiger partial charge in [-0.25, -0.2) is 0 Å². The Hall–Kier alpha value is -0.980. The van der Waals surface area contributed by atoms with Crippen LogP contribution >= 0.6 is 11.8 Å². The van der Waals surface area contributed by atoms with Crippen molar-refractivity contribution in [3.8, 4) is 6.07 Å². The zero-order chi connectivity index (χ0) is 12.0. The molecule has 2 N–H and O–H groups in total. The molecule has 86 valence electrons. The Bertz CT molecular complexity index is 382. The van der Waals surface area contributed by atoms with Gasteiger partial charge in [-0.3, -0.25) is 0 Å². The van der Waals surface area contributed by atoms with Crippen LogP contribution in [0, 0.1) is 18.3 Å². The summed E-state index contributed by atoms with van der Waals surface area (Å²) in [5.41, 5.74) is 9.08. The molecular weight excluding hydrogens is 216 g/mol. The predicted octanol–water partition coefficient (Wildman–Crippen LogP) is 2.84. The molecule has 0 aliphatic rings. The Kier molecular flexibility index (Phi) is 5.37. The van der Waals surface area contributed by atoms with Gasteiger partial charge < -0.3 is 5.73 Å². The van der Waals surface area contributed by atoms with Crippen molar-refractivity contribution in [2.24, 2.45) is 5.73 Å². The van der Waals surface area contributed by atoms with Gasteiger partial charge in [0.25, 0.3) is 0 Å². The number of nitriles is 1. The fraction of sp³-hybridized carbons (Fsp3) is 0.462. The lowest BCUT2D eigenvalue weighted by Gasteiger charge is -2.09. The molecule has 0 aromatic heterocycles. The normalized spacial score (nSPS) is 12.1. The number of benzene rings is 1. The minimum Gasteiger partial charge on any atom is -0.327 e. The lowest BCUT2D eigenvalue weighted by molar-refractivity contribution is 0.725. The molecule has 0 amide bonds. The van der Waals surface area contributed by atoms with Gasteiger partial charge >= 0.3 is 0 Å². The van der Waals surface area contributed by atoms with Gasteiger partial charge in [0.2, 0.25) is 0 Å². The first-order valence-corrected chi connectivity index (χ1v) is 6.65. The number of aryl methyl sites for hydroxylation is 1. The number of rotatable bonds is 5. The maximum Gasteiger partial charge on any atom is 0.0991 e. The first-order valence-electron chi connectivity index (χ1n) is 5.50.